The minimum atomic E-state index is -0.467. The first kappa shape index (κ1) is 19.7. The normalized spacial score (nSPS) is 11.0. The number of fused-ring (bicyclic) bond motifs is 1. The number of carbonyl (C=O) groups excluding carboxylic acids is 1. The fourth-order valence-corrected chi connectivity index (χ4v) is 4.42. The molecule has 0 radical (unpaired) electrons. The lowest BCUT2D eigenvalue weighted by molar-refractivity contribution is -0.386. The number of carbonyl (C=O) groups is 1. The highest BCUT2D eigenvalue weighted by atomic mass is 32.1. The Labute approximate surface area is 176 Å². The Hall–Kier alpha value is -3.59. The predicted octanol–water partition coefficient (Wildman–Crippen LogP) is 4.69. The van der Waals surface area contributed by atoms with Gasteiger partial charge in [0.05, 0.1) is 20.8 Å². The maximum atomic E-state index is 13.4. The summed E-state index contributed by atoms with van der Waals surface area (Å²) in [5.41, 5.74) is 3.02. The summed E-state index contributed by atoms with van der Waals surface area (Å²) in [4.78, 5) is 30.5. The van der Waals surface area contributed by atoms with Crippen molar-refractivity contribution in [2.24, 2.45) is 0 Å². The molecule has 0 spiro atoms. The topological polar surface area (TPSA) is 94.2 Å². The summed E-state index contributed by atoms with van der Waals surface area (Å²) in [6, 6.07) is 15.3. The summed E-state index contributed by atoms with van der Waals surface area (Å²) in [6.07, 6.45) is 0. The molecule has 0 N–H and O–H groups in total. The number of thiazole rings is 1. The van der Waals surface area contributed by atoms with E-state index >= 15 is 0 Å². The third kappa shape index (κ3) is 3.43. The van der Waals surface area contributed by atoms with Gasteiger partial charge in [-0.15, -0.1) is 0 Å². The molecule has 1 amide bonds. The van der Waals surface area contributed by atoms with Gasteiger partial charge in [0.2, 0.25) is 0 Å². The second-order valence-corrected chi connectivity index (χ2v) is 7.92. The number of hydrogen-bond acceptors (Lipinski definition) is 6. The summed E-state index contributed by atoms with van der Waals surface area (Å²) in [5.74, 6) is -0.274. The second-order valence-electron chi connectivity index (χ2n) is 6.91. The van der Waals surface area contributed by atoms with Crippen molar-refractivity contribution in [3.63, 3.8) is 0 Å². The Morgan fingerprint density at radius 2 is 1.83 bits per heavy atom. The van der Waals surface area contributed by atoms with Crippen LogP contribution in [0.2, 0.25) is 0 Å². The molecule has 30 heavy (non-hydrogen) atoms. The van der Waals surface area contributed by atoms with Gasteiger partial charge in [0.1, 0.15) is 17.9 Å². The molecule has 0 bridgehead atoms. The van der Waals surface area contributed by atoms with Gasteiger partial charge >= 0.3 is 5.69 Å². The van der Waals surface area contributed by atoms with Gasteiger partial charge in [0.25, 0.3) is 5.91 Å². The minimum Gasteiger partial charge on any atom is -0.272 e. The summed E-state index contributed by atoms with van der Waals surface area (Å²) < 4.78 is 2.36. The quantitative estimate of drug-likeness (QED) is 0.344. The molecule has 0 unspecified atom stereocenters. The lowest BCUT2D eigenvalue weighted by Gasteiger charge is -2.22. The molecule has 0 saturated heterocycles. The van der Waals surface area contributed by atoms with Crippen LogP contribution in [0.5, 0.6) is 0 Å². The third-order valence-electron chi connectivity index (χ3n) is 4.89. The van der Waals surface area contributed by atoms with Gasteiger partial charge in [-0.05, 0) is 44.5 Å². The maximum Gasteiger partial charge on any atom is 0.312 e. The van der Waals surface area contributed by atoms with Gasteiger partial charge in [-0.3, -0.25) is 24.5 Å². The number of aryl methyl sites for hydroxylation is 2. The number of anilines is 2. The van der Waals surface area contributed by atoms with Crippen molar-refractivity contribution in [2.75, 3.05) is 4.90 Å². The SMILES string of the molecule is Cc1ccccc1N(C(=O)Cn1nc(C)c([N+](=O)[O-])c1C)c1nc2ccccc2s1. The minimum absolute atomic E-state index is 0.0646. The van der Waals surface area contributed by atoms with E-state index in [0.717, 1.165) is 21.5 Å². The van der Waals surface area contributed by atoms with Crippen LogP contribution in [0, 0.1) is 30.9 Å². The molecule has 9 heteroatoms. The number of para-hydroxylation sites is 2. The zero-order valence-corrected chi connectivity index (χ0v) is 17.5. The molecule has 0 atom stereocenters. The Balaban J connectivity index is 1.78. The second kappa shape index (κ2) is 7.68. The van der Waals surface area contributed by atoms with Gasteiger partial charge in [0.15, 0.2) is 5.13 Å². The zero-order valence-electron chi connectivity index (χ0n) is 16.7. The van der Waals surface area contributed by atoms with Crippen LogP contribution in [0.3, 0.4) is 0 Å². The van der Waals surface area contributed by atoms with E-state index in [1.165, 1.54) is 16.0 Å². The molecular formula is C21H19N5O3S. The average Bonchev–Trinajstić information content (AvgIpc) is 3.24. The smallest absolute Gasteiger partial charge is 0.272 e. The molecule has 2 heterocycles. The summed E-state index contributed by atoms with van der Waals surface area (Å²) in [7, 11) is 0. The number of nitrogens with zero attached hydrogens (tertiary/aromatic N) is 5. The Bertz CT molecular complexity index is 1240. The van der Waals surface area contributed by atoms with Gasteiger partial charge in [-0.1, -0.05) is 41.7 Å². The highest BCUT2D eigenvalue weighted by Crippen LogP contribution is 2.35. The fourth-order valence-electron chi connectivity index (χ4n) is 3.42. The number of nitro groups is 1. The Morgan fingerprint density at radius 3 is 2.50 bits per heavy atom. The van der Waals surface area contributed by atoms with Crippen LogP contribution in [0.4, 0.5) is 16.5 Å². The highest BCUT2D eigenvalue weighted by molar-refractivity contribution is 7.22. The number of amides is 1. The van der Waals surface area contributed by atoms with E-state index in [4.69, 9.17) is 0 Å². The van der Waals surface area contributed by atoms with Crippen molar-refractivity contribution in [3.8, 4) is 0 Å². The molecule has 0 aliphatic heterocycles. The molecule has 4 aromatic rings. The summed E-state index contributed by atoms with van der Waals surface area (Å²) in [6.45, 7) is 4.96. The van der Waals surface area contributed by atoms with Crippen LogP contribution in [-0.4, -0.2) is 25.6 Å². The van der Waals surface area contributed by atoms with Crippen molar-refractivity contribution in [2.45, 2.75) is 27.3 Å². The molecule has 0 aliphatic rings. The van der Waals surface area contributed by atoms with E-state index in [1.807, 2.05) is 55.5 Å². The average molecular weight is 421 g/mol. The van der Waals surface area contributed by atoms with Crippen molar-refractivity contribution in [1.82, 2.24) is 14.8 Å². The number of hydrogen-bond donors (Lipinski definition) is 0. The van der Waals surface area contributed by atoms with Crippen molar-refractivity contribution < 1.29 is 9.72 Å². The first-order valence-electron chi connectivity index (χ1n) is 9.29. The first-order valence-corrected chi connectivity index (χ1v) is 10.1. The van der Waals surface area contributed by atoms with Crippen LogP contribution < -0.4 is 4.90 Å². The summed E-state index contributed by atoms with van der Waals surface area (Å²) >= 11 is 1.42. The molecule has 152 valence electrons. The number of rotatable bonds is 5. The van der Waals surface area contributed by atoms with Gasteiger partial charge in [-0.25, -0.2) is 4.98 Å². The van der Waals surface area contributed by atoms with Crippen LogP contribution in [0.15, 0.2) is 48.5 Å². The largest absolute Gasteiger partial charge is 0.312 e. The van der Waals surface area contributed by atoms with Crippen LogP contribution >= 0.6 is 11.3 Å². The molecular weight excluding hydrogens is 402 g/mol. The first-order chi connectivity index (χ1) is 14.4. The Morgan fingerprint density at radius 1 is 1.13 bits per heavy atom. The van der Waals surface area contributed by atoms with Crippen molar-refractivity contribution >= 4 is 44.0 Å². The lowest BCUT2D eigenvalue weighted by atomic mass is 10.2. The van der Waals surface area contributed by atoms with E-state index in [1.54, 1.807) is 18.7 Å². The van der Waals surface area contributed by atoms with Crippen LogP contribution in [-0.2, 0) is 11.3 Å². The van der Waals surface area contributed by atoms with Gasteiger partial charge in [0, 0.05) is 0 Å². The monoisotopic (exact) mass is 421 g/mol. The van der Waals surface area contributed by atoms with Gasteiger partial charge < -0.3 is 0 Å². The Kier molecular flexibility index (Phi) is 5.04. The van der Waals surface area contributed by atoms with E-state index in [0.29, 0.717) is 10.8 Å². The van der Waals surface area contributed by atoms with E-state index in [9.17, 15) is 14.9 Å². The molecule has 0 saturated carbocycles. The van der Waals surface area contributed by atoms with Crippen LogP contribution in [0.25, 0.3) is 10.2 Å². The van der Waals surface area contributed by atoms with E-state index < -0.39 is 4.92 Å². The number of aromatic nitrogens is 3. The van der Waals surface area contributed by atoms with Gasteiger partial charge in [-0.2, -0.15) is 5.10 Å². The third-order valence-corrected chi connectivity index (χ3v) is 5.91. The molecule has 0 fully saturated rings. The molecule has 0 aliphatic carbocycles. The lowest BCUT2D eigenvalue weighted by Crippen LogP contribution is -2.31. The predicted molar refractivity (Wildman–Crippen MR) is 116 cm³/mol. The molecule has 2 aromatic heterocycles. The molecule has 2 aromatic carbocycles. The molecule has 4 rings (SSSR count). The standard InChI is InChI=1S/C21H19N5O3S/c1-13-8-4-6-10-17(13)25(21-22-16-9-5-7-11-18(16)30-21)19(27)12-24-15(3)20(26(28)29)14(2)23-24/h4-11H,12H2,1-3H3. The van der Waals surface area contributed by atoms with Crippen LogP contribution in [0.1, 0.15) is 17.0 Å². The summed E-state index contributed by atoms with van der Waals surface area (Å²) in [5, 5.41) is 16.1. The maximum absolute atomic E-state index is 13.4. The molecule has 8 nitrogen and oxygen atoms in total. The van der Waals surface area contributed by atoms with E-state index in [2.05, 4.69) is 10.1 Å². The highest BCUT2D eigenvalue weighted by Gasteiger charge is 2.27. The number of benzene rings is 2. The van der Waals surface area contributed by atoms with Crippen molar-refractivity contribution in [3.05, 3.63) is 75.6 Å². The fraction of sp³-hybridized carbons (Fsp3) is 0.190. The van der Waals surface area contributed by atoms with E-state index in [-0.39, 0.29) is 23.8 Å². The van der Waals surface area contributed by atoms with Crippen molar-refractivity contribution in [1.29, 1.82) is 0 Å². The zero-order chi connectivity index (χ0) is 21.4.